The summed E-state index contributed by atoms with van der Waals surface area (Å²) in [6.45, 7) is 4.30. The molecule has 2 amide bonds. The molecule has 1 fully saturated rings. The number of benzene rings is 1. The molecule has 4 heterocycles. The van der Waals surface area contributed by atoms with Crippen molar-refractivity contribution in [3.05, 3.63) is 77.9 Å². The Morgan fingerprint density at radius 1 is 1.23 bits per heavy atom. The highest BCUT2D eigenvalue weighted by molar-refractivity contribution is 6.35. The van der Waals surface area contributed by atoms with Crippen molar-refractivity contribution < 1.29 is 14.0 Å². The molecule has 1 aromatic carbocycles. The maximum Gasteiger partial charge on any atom is 0.256 e. The molecule has 3 aromatic heterocycles. The zero-order valence-corrected chi connectivity index (χ0v) is 19.0. The van der Waals surface area contributed by atoms with Gasteiger partial charge in [-0.3, -0.25) is 14.3 Å². The Balaban J connectivity index is 1.52. The van der Waals surface area contributed by atoms with Crippen molar-refractivity contribution >= 4 is 46.0 Å². The molecule has 5 rings (SSSR count). The molecular formula is C24H19ClFN7O2. The van der Waals surface area contributed by atoms with E-state index in [1.807, 2.05) is 0 Å². The number of halogens is 2. The second kappa shape index (κ2) is 8.80. The summed E-state index contributed by atoms with van der Waals surface area (Å²) < 4.78 is 17.0. The molecule has 11 heteroatoms. The van der Waals surface area contributed by atoms with Crippen LogP contribution in [-0.4, -0.2) is 49.6 Å². The summed E-state index contributed by atoms with van der Waals surface area (Å²) >= 11 is 6.44. The van der Waals surface area contributed by atoms with Crippen LogP contribution in [0.3, 0.4) is 0 Å². The van der Waals surface area contributed by atoms with Gasteiger partial charge in [-0.2, -0.15) is 5.10 Å². The van der Waals surface area contributed by atoms with Crippen molar-refractivity contribution in [1.82, 2.24) is 24.6 Å². The Morgan fingerprint density at radius 3 is 2.71 bits per heavy atom. The minimum Gasteiger partial charge on any atom is -0.383 e. The predicted molar refractivity (Wildman–Crippen MR) is 130 cm³/mol. The van der Waals surface area contributed by atoms with Crippen LogP contribution >= 0.6 is 11.6 Å². The topological polar surface area (TPSA) is 119 Å². The number of anilines is 2. The van der Waals surface area contributed by atoms with Gasteiger partial charge >= 0.3 is 0 Å². The molecule has 3 N–H and O–H groups in total. The molecule has 0 saturated carbocycles. The standard InChI is InChI=1S/C24H19ClFN7O2/c1-2-19(34)32-11-14(12-32)33-22-16(25)10-29-23(27)20(22)21(31-33)15-7-6-13(9-17(15)26)24(35)30-18-5-3-4-8-28-18/h2-10,14H,1,11-12H2,(H2,27,29)(H,28,30,35). The zero-order chi connectivity index (χ0) is 24.7. The van der Waals surface area contributed by atoms with Crippen LogP contribution in [0, 0.1) is 5.82 Å². The Hall–Kier alpha value is -4.31. The number of nitrogens with one attached hydrogen (secondary N) is 1. The van der Waals surface area contributed by atoms with Crippen LogP contribution in [0.4, 0.5) is 16.0 Å². The molecule has 0 spiro atoms. The minimum atomic E-state index is -0.665. The predicted octanol–water partition coefficient (Wildman–Crippen LogP) is 3.69. The molecule has 4 aromatic rings. The summed E-state index contributed by atoms with van der Waals surface area (Å²) in [7, 11) is 0. The van der Waals surface area contributed by atoms with E-state index in [1.165, 1.54) is 24.4 Å². The molecule has 0 bridgehead atoms. The SMILES string of the molecule is C=CC(=O)N1CC(n2nc(-c3ccc(C(=O)Nc4ccccn4)cc3F)c3c(N)ncc(Cl)c32)C1. The molecule has 176 valence electrons. The Kier molecular flexibility index (Phi) is 5.65. The zero-order valence-electron chi connectivity index (χ0n) is 18.3. The average molecular weight is 492 g/mol. The first-order chi connectivity index (χ1) is 16.9. The summed E-state index contributed by atoms with van der Waals surface area (Å²) in [5, 5.41) is 7.94. The van der Waals surface area contributed by atoms with Gasteiger partial charge in [0.15, 0.2) is 0 Å². The highest BCUT2D eigenvalue weighted by Crippen LogP contribution is 2.39. The van der Waals surface area contributed by atoms with Crippen LogP contribution < -0.4 is 11.1 Å². The van der Waals surface area contributed by atoms with Crippen LogP contribution in [0.1, 0.15) is 16.4 Å². The molecule has 1 saturated heterocycles. The maximum atomic E-state index is 15.3. The Labute approximate surface area is 204 Å². The number of carbonyl (C=O) groups excluding carboxylic acids is 2. The van der Waals surface area contributed by atoms with E-state index in [0.717, 1.165) is 6.07 Å². The van der Waals surface area contributed by atoms with Gasteiger partial charge in [-0.15, -0.1) is 0 Å². The normalized spacial score (nSPS) is 13.5. The van der Waals surface area contributed by atoms with Crippen molar-refractivity contribution in [2.24, 2.45) is 0 Å². The number of nitrogens with zero attached hydrogens (tertiary/aromatic N) is 5. The number of nitrogens with two attached hydrogens (primary N) is 1. The van der Waals surface area contributed by atoms with Gasteiger partial charge in [0, 0.05) is 30.4 Å². The lowest BCUT2D eigenvalue weighted by Crippen LogP contribution is -2.50. The highest BCUT2D eigenvalue weighted by atomic mass is 35.5. The van der Waals surface area contributed by atoms with E-state index in [1.54, 1.807) is 34.0 Å². The molecule has 9 nitrogen and oxygen atoms in total. The highest BCUT2D eigenvalue weighted by Gasteiger charge is 2.34. The van der Waals surface area contributed by atoms with E-state index < -0.39 is 11.7 Å². The van der Waals surface area contributed by atoms with Gasteiger partial charge in [-0.05, 0) is 36.4 Å². The van der Waals surface area contributed by atoms with Gasteiger partial charge in [0.25, 0.3) is 5.91 Å². The second-order valence-electron chi connectivity index (χ2n) is 7.97. The molecule has 35 heavy (non-hydrogen) atoms. The summed E-state index contributed by atoms with van der Waals surface area (Å²) in [6.07, 6.45) is 4.20. The van der Waals surface area contributed by atoms with Gasteiger partial charge in [-0.25, -0.2) is 14.4 Å². The molecule has 1 aliphatic rings. The van der Waals surface area contributed by atoms with Gasteiger partial charge in [0.2, 0.25) is 5.91 Å². The fraction of sp³-hybridized carbons (Fsp3) is 0.125. The number of amides is 2. The summed E-state index contributed by atoms with van der Waals surface area (Å²) in [5.74, 6) is -0.863. The number of pyridine rings is 2. The largest absolute Gasteiger partial charge is 0.383 e. The number of nitrogen functional groups attached to an aromatic ring is 1. The van der Waals surface area contributed by atoms with Gasteiger partial charge < -0.3 is 16.0 Å². The van der Waals surface area contributed by atoms with Crippen LogP contribution in [0.15, 0.2) is 61.4 Å². The first-order valence-electron chi connectivity index (χ1n) is 10.6. The van der Waals surface area contributed by atoms with Crippen LogP contribution in [-0.2, 0) is 4.79 Å². The third-order valence-corrected chi connectivity index (χ3v) is 6.07. The number of hydrogen-bond donors (Lipinski definition) is 2. The number of hydrogen-bond acceptors (Lipinski definition) is 6. The smallest absolute Gasteiger partial charge is 0.256 e. The average Bonchev–Trinajstić information content (AvgIpc) is 3.22. The van der Waals surface area contributed by atoms with Gasteiger partial charge in [-0.1, -0.05) is 24.2 Å². The van der Waals surface area contributed by atoms with E-state index in [4.69, 9.17) is 17.3 Å². The molecular weight excluding hydrogens is 473 g/mol. The summed E-state index contributed by atoms with van der Waals surface area (Å²) in [6, 6.07) is 8.98. The van der Waals surface area contributed by atoms with Crippen molar-refractivity contribution in [2.45, 2.75) is 6.04 Å². The summed E-state index contributed by atoms with van der Waals surface area (Å²) in [5.41, 5.74) is 7.15. The quantitative estimate of drug-likeness (QED) is 0.411. The van der Waals surface area contributed by atoms with Gasteiger partial charge in [0.1, 0.15) is 23.1 Å². The minimum absolute atomic E-state index is 0.113. The number of likely N-dealkylation sites (tertiary alicyclic amines) is 1. The lowest BCUT2D eigenvalue weighted by atomic mass is 10.0. The van der Waals surface area contributed by atoms with E-state index in [-0.39, 0.29) is 34.6 Å². The third-order valence-electron chi connectivity index (χ3n) is 5.80. The Morgan fingerprint density at radius 2 is 2.03 bits per heavy atom. The first-order valence-corrected chi connectivity index (χ1v) is 11.0. The fourth-order valence-electron chi connectivity index (χ4n) is 4.00. The van der Waals surface area contributed by atoms with Crippen LogP contribution in [0.2, 0.25) is 5.02 Å². The molecule has 0 atom stereocenters. The van der Waals surface area contributed by atoms with E-state index in [2.05, 4.69) is 27.0 Å². The fourth-order valence-corrected chi connectivity index (χ4v) is 4.23. The van der Waals surface area contributed by atoms with E-state index in [9.17, 15) is 9.59 Å². The summed E-state index contributed by atoms with van der Waals surface area (Å²) in [4.78, 5) is 34.2. The number of rotatable bonds is 5. The van der Waals surface area contributed by atoms with Crippen molar-refractivity contribution in [3.8, 4) is 11.3 Å². The number of carbonyl (C=O) groups is 2. The third kappa shape index (κ3) is 3.97. The number of aromatic nitrogens is 4. The van der Waals surface area contributed by atoms with Crippen LogP contribution in [0.25, 0.3) is 22.2 Å². The monoisotopic (exact) mass is 491 g/mol. The molecule has 0 unspecified atom stereocenters. The molecule has 0 aliphatic carbocycles. The van der Waals surface area contributed by atoms with Gasteiger partial charge in [0.05, 0.1) is 28.2 Å². The molecule has 0 radical (unpaired) electrons. The van der Waals surface area contributed by atoms with Crippen LogP contribution in [0.5, 0.6) is 0 Å². The van der Waals surface area contributed by atoms with E-state index in [0.29, 0.717) is 34.8 Å². The number of fused-ring (bicyclic) bond motifs is 1. The van der Waals surface area contributed by atoms with Crippen molar-refractivity contribution in [2.75, 3.05) is 24.1 Å². The second-order valence-corrected chi connectivity index (χ2v) is 8.38. The lowest BCUT2D eigenvalue weighted by Gasteiger charge is -2.38. The Bertz CT molecular complexity index is 1480. The van der Waals surface area contributed by atoms with E-state index >= 15 is 4.39 Å². The van der Waals surface area contributed by atoms with Crippen molar-refractivity contribution in [3.63, 3.8) is 0 Å². The maximum absolute atomic E-state index is 15.3. The lowest BCUT2D eigenvalue weighted by molar-refractivity contribution is -0.131. The van der Waals surface area contributed by atoms with Crippen molar-refractivity contribution in [1.29, 1.82) is 0 Å². The first kappa shape index (κ1) is 22.5. The molecule has 1 aliphatic heterocycles.